The Kier molecular flexibility index (Phi) is 3.68. The minimum absolute atomic E-state index is 0.00103. The molecule has 130 valence electrons. The molecule has 3 heterocycles. The topological polar surface area (TPSA) is 85.3 Å². The first kappa shape index (κ1) is 15.9. The molecule has 0 atom stereocenters. The Bertz CT molecular complexity index is 1120. The Balaban J connectivity index is 1.91. The summed E-state index contributed by atoms with van der Waals surface area (Å²) in [5, 5.41) is 13.1. The number of hydrogen-bond donors (Lipinski definition) is 1. The molecular formula is C17H11F2N5O2. The van der Waals surface area contributed by atoms with Crippen molar-refractivity contribution < 1.29 is 18.7 Å². The highest BCUT2D eigenvalue weighted by molar-refractivity contribution is 5.83. The molecule has 0 fully saturated rings. The molecule has 26 heavy (non-hydrogen) atoms. The van der Waals surface area contributed by atoms with Gasteiger partial charge in [0.2, 0.25) is 5.82 Å². The molecule has 0 saturated carbocycles. The number of imidazole rings is 1. The number of fused-ring (bicyclic) bond motifs is 1. The summed E-state index contributed by atoms with van der Waals surface area (Å²) in [5.74, 6) is -2.35. The number of nitrogens with zero attached hydrogens (tertiary/aromatic N) is 5. The Labute approximate surface area is 145 Å². The SMILES string of the molecule is O=C(O)c1ncnn1Cc1c(-c2ccc(F)cc2)nc2ccc(F)cn12. The van der Waals surface area contributed by atoms with E-state index in [1.165, 1.54) is 39.5 Å². The van der Waals surface area contributed by atoms with Crippen molar-refractivity contribution >= 4 is 11.6 Å². The molecule has 0 saturated heterocycles. The van der Waals surface area contributed by atoms with Crippen molar-refractivity contribution in [3.8, 4) is 11.3 Å². The molecule has 1 aromatic carbocycles. The van der Waals surface area contributed by atoms with E-state index in [-0.39, 0.29) is 12.4 Å². The Morgan fingerprint density at radius 1 is 1.08 bits per heavy atom. The first-order valence-electron chi connectivity index (χ1n) is 7.56. The number of carboxylic acid groups (broad SMARTS) is 1. The minimum atomic E-state index is -1.23. The number of halogens is 2. The lowest BCUT2D eigenvalue weighted by Gasteiger charge is -2.07. The second kappa shape index (κ2) is 6.03. The van der Waals surface area contributed by atoms with E-state index < -0.39 is 17.6 Å². The summed E-state index contributed by atoms with van der Waals surface area (Å²) >= 11 is 0. The van der Waals surface area contributed by atoms with Gasteiger partial charge in [0.15, 0.2) is 0 Å². The van der Waals surface area contributed by atoms with E-state index in [0.717, 1.165) is 6.33 Å². The van der Waals surface area contributed by atoms with Crippen LogP contribution in [0, 0.1) is 11.6 Å². The molecule has 0 radical (unpaired) electrons. The molecule has 0 bridgehead atoms. The van der Waals surface area contributed by atoms with Crippen molar-refractivity contribution in [2.24, 2.45) is 0 Å². The molecule has 0 spiro atoms. The van der Waals surface area contributed by atoms with E-state index >= 15 is 0 Å². The van der Waals surface area contributed by atoms with Crippen molar-refractivity contribution in [2.45, 2.75) is 6.54 Å². The maximum absolute atomic E-state index is 13.7. The summed E-state index contributed by atoms with van der Waals surface area (Å²) in [7, 11) is 0. The number of aromatic carboxylic acids is 1. The zero-order valence-electron chi connectivity index (χ0n) is 13.2. The van der Waals surface area contributed by atoms with Gasteiger partial charge in [0.25, 0.3) is 0 Å². The largest absolute Gasteiger partial charge is 0.475 e. The summed E-state index contributed by atoms with van der Waals surface area (Å²) in [6, 6.07) is 8.47. The van der Waals surface area contributed by atoms with Gasteiger partial charge < -0.3 is 5.11 Å². The van der Waals surface area contributed by atoms with Crippen LogP contribution in [0.4, 0.5) is 8.78 Å². The van der Waals surface area contributed by atoms with E-state index in [1.807, 2.05) is 0 Å². The predicted octanol–water partition coefficient (Wildman–Crippen LogP) is 2.62. The minimum Gasteiger partial charge on any atom is -0.475 e. The Morgan fingerprint density at radius 3 is 2.54 bits per heavy atom. The third-order valence-corrected chi connectivity index (χ3v) is 3.91. The van der Waals surface area contributed by atoms with Crippen molar-refractivity contribution in [1.29, 1.82) is 0 Å². The van der Waals surface area contributed by atoms with Crippen molar-refractivity contribution in [3.05, 3.63) is 72.1 Å². The van der Waals surface area contributed by atoms with Gasteiger partial charge in [-0.2, -0.15) is 5.10 Å². The van der Waals surface area contributed by atoms with E-state index in [1.54, 1.807) is 12.1 Å². The molecule has 1 N–H and O–H groups in total. The zero-order chi connectivity index (χ0) is 18.3. The molecule has 0 amide bonds. The molecule has 0 unspecified atom stereocenters. The molecule has 3 aromatic heterocycles. The van der Waals surface area contributed by atoms with Crippen LogP contribution in [0.25, 0.3) is 16.9 Å². The fourth-order valence-electron chi connectivity index (χ4n) is 2.74. The Hall–Kier alpha value is -3.62. The first-order valence-corrected chi connectivity index (χ1v) is 7.56. The zero-order valence-corrected chi connectivity index (χ0v) is 13.2. The van der Waals surface area contributed by atoms with Crippen LogP contribution >= 0.6 is 0 Å². The highest BCUT2D eigenvalue weighted by Gasteiger charge is 2.19. The van der Waals surface area contributed by atoms with Crippen LogP contribution in [0.5, 0.6) is 0 Å². The smallest absolute Gasteiger partial charge is 0.373 e. The molecule has 0 aliphatic rings. The van der Waals surface area contributed by atoms with Crippen molar-refractivity contribution in [3.63, 3.8) is 0 Å². The van der Waals surface area contributed by atoms with Crippen LogP contribution in [0.3, 0.4) is 0 Å². The van der Waals surface area contributed by atoms with Crippen LogP contribution in [-0.4, -0.2) is 35.2 Å². The summed E-state index contributed by atoms with van der Waals surface area (Å²) in [5.41, 5.74) is 2.06. The molecule has 4 aromatic rings. The number of aromatic nitrogens is 5. The van der Waals surface area contributed by atoms with E-state index in [4.69, 9.17) is 0 Å². The summed E-state index contributed by atoms with van der Waals surface area (Å²) in [4.78, 5) is 19.5. The molecular weight excluding hydrogens is 344 g/mol. The molecule has 4 rings (SSSR count). The number of benzene rings is 1. The van der Waals surface area contributed by atoms with Gasteiger partial charge in [-0.05, 0) is 36.4 Å². The lowest BCUT2D eigenvalue weighted by Crippen LogP contribution is -2.13. The van der Waals surface area contributed by atoms with Gasteiger partial charge >= 0.3 is 5.97 Å². The van der Waals surface area contributed by atoms with Crippen LogP contribution in [0.1, 0.15) is 16.3 Å². The summed E-state index contributed by atoms with van der Waals surface area (Å²) in [6.07, 6.45) is 2.38. The highest BCUT2D eigenvalue weighted by atomic mass is 19.1. The number of carboxylic acids is 1. The lowest BCUT2D eigenvalue weighted by molar-refractivity contribution is 0.0677. The number of hydrogen-bond acceptors (Lipinski definition) is 4. The molecule has 7 nitrogen and oxygen atoms in total. The first-order chi connectivity index (χ1) is 12.5. The fraction of sp³-hybridized carbons (Fsp3) is 0.0588. The van der Waals surface area contributed by atoms with Gasteiger partial charge in [0.1, 0.15) is 23.6 Å². The van der Waals surface area contributed by atoms with Gasteiger partial charge in [0.05, 0.1) is 17.9 Å². The van der Waals surface area contributed by atoms with Crippen LogP contribution in [-0.2, 0) is 6.54 Å². The molecule has 9 heteroatoms. The third-order valence-electron chi connectivity index (χ3n) is 3.91. The maximum atomic E-state index is 13.7. The van der Waals surface area contributed by atoms with E-state index in [2.05, 4.69) is 15.1 Å². The highest BCUT2D eigenvalue weighted by Crippen LogP contribution is 2.26. The van der Waals surface area contributed by atoms with Crippen molar-refractivity contribution in [2.75, 3.05) is 0 Å². The monoisotopic (exact) mass is 355 g/mol. The molecule has 0 aliphatic carbocycles. The normalized spacial score (nSPS) is 11.2. The third kappa shape index (κ3) is 2.69. The summed E-state index contributed by atoms with van der Waals surface area (Å²) in [6.45, 7) is -0.00103. The average Bonchev–Trinajstić information content (AvgIpc) is 3.21. The summed E-state index contributed by atoms with van der Waals surface area (Å²) < 4.78 is 29.7. The second-order valence-corrected chi connectivity index (χ2v) is 5.54. The van der Waals surface area contributed by atoms with Crippen LogP contribution < -0.4 is 0 Å². The predicted molar refractivity (Wildman–Crippen MR) is 86.6 cm³/mol. The number of pyridine rings is 1. The number of carbonyl (C=O) groups is 1. The average molecular weight is 355 g/mol. The standard InChI is InChI=1S/C17H11F2N5O2/c18-11-3-1-10(2-4-11)15-13(8-24-16(17(25)26)20-9-21-24)23-7-12(19)5-6-14(23)22-15/h1-7,9H,8H2,(H,25,26). The fourth-order valence-corrected chi connectivity index (χ4v) is 2.74. The maximum Gasteiger partial charge on any atom is 0.373 e. The van der Waals surface area contributed by atoms with Gasteiger partial charge in [-0.3, -0.25) is 4.40 Å². The van der Waals surface area contributed by atoms with Crippen LogP contribution in [0.2, 0.25) is 0 Å². The quantitative estimate of drug-likeness (QED) is 0.608. The lowest BCUT2D eigenvalue weighted by atomic mass is 10.1. The molecule has 0 aliphatic heterocycles. The van der Waals surface area contributed by atoms with E-state index in [9.17, 15) is 18.7 Å². The second-order valence-electron chi connectivity index (χ2n) is 5.54. The van der Waals surface area contributed by atoms with Gasteiger partial charge in [-0.15, -0.1) is 0 Å². The van der Waals surface area contributed by atoms with Gasteiger partial charge in [-0.1, -0.05) is 0 Å². The van der Waals surface area contributed by atoms with Crippen molar-refractivity contribution in [1.82, 2.24) is 24.1 Å². The number of rotatable bonds is 4. The van der Waals surface area contributed by atoms with Crippen LogP contribution in [0.15, 0.2) is 48.9 Å². The Morgan fingerprint density at radius 2 is 1.81 bits per heavy atom. The van der Waals surface area contributed by atoms with Gasteiger partial charge in [0, 0.05) is 11.8 Å². The van der Waals surface area contributed by atoms with Gasteiger partial charge in [-0.25, -0.2) is 28.2 Å². The van der Waals surface area contributed by atoms with E-state index in [0.29, 0.717) is 22.6 Å².